The minimum Gasteiger partial charge on any atom is -0.306 e. The molecule has 0 atom stereocenters. The van der Waals surface area contributed by atoms with Crippen molar-refractivity contribution in [2.75, 3.05) is 4.72 Å². The van der Waals surface area contributed by atoms with Gasteiger partial charge in [0.05, 0.1) is 11.3 Å². The molecule has 0 aliphatic rings. The second-order valence-corrected chi connectivity index (χ2v) is 6.76. The van der Waals surface area contributed by atoms with Crippen molar-refractivity contribution in [3.05, 3.63) is 72.0 Å². The molecule has 0 saturated heterocycles. The third-order valence-corrected chi connectivity index (χ3v) is 4.97. The van der Waals surface area contributed by atoms with Crippen molar-refractivity contribution in [3.8, 4) is 5.69 Å². The normalized spacial score (nSPS) is 11.4. The van der Waals surface area contributed by atoms with Gasteiger partial charge in [-0.05, 0) is 42.5 Å². The standard InChI is InChI=1S/C15H11ClFN3O2S/c16-14-9-11(17)1-6-15(14)23(21,22)19-12-2-4-13(5-3-12)20-8-7-18-10-20/h1-10,19H. The zero-order valence-electron chi connectivity index (χ0n) is 11.6. The lowest BCUT2D eigenvalue weighted by atomic mass is 10.3. The van der Waals surface area contributed by atoms with E-state index < -0.39 is 15.8 Å². The first kappa shape index (κ1) is 15.5. The summed E-state index contributed by atoms with van der Waals surface area (Å²) in [7, 11) is -3.90. The summed E-state index contributed by atoms with van der Waals surface area (Å²) in [6, 6.07) is 9.84. The predicted octanol–water partition coefficient (Wildman–Crippen LogP) is 3.47. The van der Waals surface area contributed by atoms with E-state index >= 15 is 0 Å². The Hall–Kier alpha value is -2.38. The minimum absolute atomic E-state index is 0.174. The molecule has 0 fully saturated rings. The molecule has 2 aromatic carbocycles. The van der Waals surface area contributed by atoms with Gasteiger partial charge in [-0.1, -0.05) is 11.6 Å². The Kier molecular flexibility index (Phi) is 4.06. The predicted molar refractivity (Wildman–Crippen MR) is 85.8 cm³/mol. The second-order valence-electron chi connectivity index (χ2n) is 4.70. The SMILES string of the molecule is O=S(=O)(Nc1ccc(-n2ccnc2)cc1)c1ccc(F)cc1Cl. The molecule has 1 aromatic heterocycles. The molecular formula is C15H11ClFN3O2S. The number of anilines is 1. The topological polar surface area (TPSA) is 64.0 Å². The lowest BCUT2D eigenvalue weighted by Gasteiger charge is -2.10. The first-order valence-electron chi connectivity index (χ1n) is 6.52. The van der Waals surface area contributed by atoms with Gasteiger partial charge in [-0.2, -0.15) is 0 Å². The summed E-state index contributed by atoms with van der Waals surface area (Å²) in [5.74, 6) is -0.598. The molecule has 0 unspecified atom stereocenters. The lowest BCUT2D eigenvalue weighted by Crippen LogP contribution is -2.13. The van der Waals surface area contributed by atoms with Crippen molar-refractivity contribution in [1.82, 2.24) is 9.55 Å². The van der Waals surface area contributed by atoms with E-state index in [1.165, 1.54) is 0 Å². The van der Waals surface area contributed by atoms with Crippen LogP contribution in [0.3, 0.4) is 0 Å². The van der Waals surface area contributed by atoms with E-state index in [1.54, 1.807) is 47.6 Å². The van der Waals surface area contributed by atoms with Crippen molar-refractivity contribution in [3.63, 3.8) is 0 Å². The molecule has 0 saturated carbocycles. The highest BCUT2D eigenvalue weighted by Gasteiger charge is 2.18. The molecule has 0 aliphatic heterocycles. The van der Waals surface area contributed by atoms with Crippen molar-refractivity contribution < 1.29 is 12.8 Å². The Bertz CT molecular complexity index is 926. The van der Waals surface area contributed by atoms with Gasteiger partial charge >= 0.3 is 0 Å². The number of nitrogens with one attached hydrogen (secondary N) is 1. The maximum absolute atomic E-state index is 13.0. The fraction of sp³-hybridized carbons (Fsp3) is 0. The average molecular weight is 352 g/mol. The molecule has 0 bridgehead atoms. The molecule has 0 radical (unpaired) electrons. The van der Waals surface area contributed by atoms with Crippen LogP contribution in [0.4, 0.5) is 10.1 Å². The van der Waals surface area contributed by atoms with E-state index in [9.17, 15) is 12.8 Å². The number of benzene rings is 2. The molecule has 0 spiro atoms. The van der Waals surface area contributed by atoms with Crippen LogP contribution in [-0.2, 0) is 10.0 Å². The summed E-state index contributed by atoms with van der Waals surface area (Å²) in [4.78, 5) is 3.76. The molecule has 3 rings (SSSR count). The molecule has 3 aromatic rings. The number of aromatic nitrogens is 2. The summed E-state index contributed by atoms with van der Waals surface area (Å²) in [5, 5.41) is -0.174. The van der Waals surface area contributed by atoms with E-state index in [1.807, 2.05) is 0 Å². The van der Waals surface area contributed by atoms with E-state index in [0.29, 0.717) is 5.69 Å². The van der Waals surface area contributed by atoms with Crippen molar-refractivity contribution in [1.29, 1.82) is 0 Å². The molecule has 23 heavy (non-hydrogen) atoms. The zero-order chi connectivity index (χ0) is 16.4. The Balaban J connectivity index is 1.86. The first-order valence-corrected chi connectivity index (χ1v) is 8.38. The monoisotopic (exact) mass is 351 g/mol. The van der Waals surface area contributed by atoms with Gasteiger partial charge in [-0.25, -0.2) is 17.8 Å². The molecule has 8 heteroatoms. The van der Waals surface area contributed by atoms with E-state index in [-0.39, 0.29) is 9.92 Å². The average Bonchev–Trinajstić information content (AvgIpc) is 3.01. The largest absolute Gasteiger partial charge is 0.306 e. The summed E-state index contributed by atoms with van der Waals surface area (Å²) in [5.41, 5.74) is 1.21. The Morgan fingerprint density at radius 2 is 1.87 bits per heavy atom. The minimum atomic E-state index is -3.90. The summed E-state index contributed by atoms with van der Waals surface area (Å²) in [6.45, 7) is 0. The summed E-state index contributed by atoms with van der Waals surface area (Å²) < 4.78 is 41.9. The van der Waals surface area contributed by atoms with Crippen LogP contribution >= 0.6 is 11.6 Å². The van der Waals surface area contributed by atoms with E-state index in [0.717, 1.165) is 23.9 Å². The number of imidazole rings is 1. The van der Waals surface area contributed by atoms with Crippen LogP contribution in [0.5, 0.6) is 0 Å². The van der Waals surface area contributed by atoms with Crippen LogP contribution in [0, 0.1) is 5.82 Å². The maximum Gasteiger partial charge on any atom is 0.263 e. The number of halogens is 2. The number of sulfonamides is 1. The van der Waals surface area contributed by atoms with E-state index in [2.05, 4.69) is 9.71 Å². The highest BCUT2D eigenvalue weighted by Crippen LogP contribution is 2.25. The van der Waals surface area contributed by atoms with Crippen molar-refractivity contribution in [2.45, 2.75) is 4.90 Å². The van der Waals surface area contributed by atoms with Crippen LogP contribution in [0.25, 0.3) is 5.69 Å². The fourth-order valence-corrected chi connectivity index (χ4v) is 3.61. The van der Waals surface area contributed by atoms with Gasteiger partial charge in [-0.3, -0.25) is 4.72 Å². The molecule has 0 amide bonds. The van der Waals surface area contributed by atoms with Crippen molar-refractivity contribution in [2.24, 2.45) is 0 Å². The Morgan fingerprint density at radius 1 is 1.13 bits per heavy atom. The lowest BCUT2D eigenvalue weighted by molar-refractivity contribution is 0.600. The van der Waals surface area contributed by atoms with Gasteiger partial charge in [0.25, 0.3) is 10.0 Å². The van der Waals surface area contributed by atoms with Crippen LogP contribution in [-0.4, -0.2) is 18.0 Å². The number of nitrogens with zero attached hydrogens (tertiary/aromatic N) is 2. The Labute approximate surface area is 137 Å². The molecule has 1 heterocycles. The van der Waals surface area contributed by atoms with Gasteiger partial charge in [0.2, 0.25) is 0 Å². The van der Waals surface area contributed by atoms with Gasteiger partial charge < -0.3 is 4.57 Å². The van der Waals surface area contributed by atoms with Crippen molar-refractivity contribution >= 4 is 27.3 Å². The smallest absolute Gasteiger partial charge is 0.263 e. The highest BCUT2D eigenvalue weighted by molar-refractivity contribution is 7.92. The molecule has 0 aliphatic carbocycles. The van der Waals surface area contributed by atoms with Crippen LogP contribution in [0.1, 0.15) is 0 Å². The second kappa shape index (κ2) is 6.02. The zero-order valence-corrected chi connectivity index (χ0v) is 13.2. The fourth-order valence-electron chi connectivity index (χ4n) is 2.02. The molecule has 1 N–H and O–H groups in total. The highest BCUT2D eigenvalue weighted by atomic mass is 35.5. The summed E-state index contributed by atoms with van der Waals surface area (Å²) >= 11 is 5.80. The number of hydrogen-bond acceptors (Lipinski definition) is 3. The van der Waals surface area contributed by atoms with Gasteiger partial charge in [-0.15, -0.1) is 0 Å². The number of rotatable bonds is 4. The summed E-state index contributed by atoms with van der Waals surface area (Å²) in [6.07, 6.45) is 5.06. The van der Waals surface area contributed by atoms with E-state index in [4.69, 9.17) is 11.6 Å². The maximum atomic E-state index is 13.0. The number of hydrogen-bond donors (Lipinski definition) is 1. The third kappa shape index (κ3) is 3.35. The molecule has 118 valence electrons. The third-order valence-electron chi connectivity index (χ3n) is 3.11. The van der Waals surface area contributed by atoms with Gasteiger partial charge in [0.1, 0.15) is 10.7 Å². The van der Waals surface area contributed by atoms with Gasteiger partial charge in [0.15, 0.2) is 0 Å². The Morgan fingerprint density at radius 3 is 2.48 bits per heavy atom. The molecular weight excluding hydrogens is 341 g/mol. The quantitative estimate of drug-likeness (QED) is 0.782. The van der Waals surface area contributed by atoms with Gasteiger partial charge in [0, 0.05) is 23.8 Å². The van der Waals surface area contributed by atoms with Crippen LogP contribution < -0.4 is 4.72 Å². The van der Waals surface area contributed by atoms with Crippen LogP contribution in [0.15, 0.2) is 66.1 Å². The molecule has 5 nitrogen and oxygen atoms in total. The first-order chi connectivity index (χ1) is 11.0. The van der Waals surface area contributed by atoms with Crippen LogP contribution in [0.2, 0.25) is 5.02 Å².